The molecule has 0 aliphatic heterocycles. The number of ether oxygens (including phenoxy) is 1. The maximum absolute atomic E-state index is 12.8. The van der Waals surface area contributed by atoms with Crippen molar-refractivity contribution in [2.24, 2.45) is 0 Å². The molecule has 5 nitrogen and oxygen atoms in total. The van der Waals surface area contributed by atoms with E-state index < -0.39 is 12.1 Å². The number of anilines is 1. The van der Waals surface area contributed by atoms with Crippen LogP contribution in [0.15, 0.2) is 24.4 Å². The van der Waals surface area contributed by atoms with Gasteiger partial charge in [0.2, 0.25) is 0 Å². The number of hydrogen-bond acceptors (Lipinski definition) is 5. The van der Waals surface area contributed by atoms with Gasteiger partial charge >= 0.3 is 5.97 Å². The molecule has 106 valence electrons. The number of pyridine rings is 2. The van der Waals surface area contributed by atoms with Gasteiger partial charge in [-0.25, -0.2) is 19.2 Å². The average molecular weight is 277 g/mol. The summed E-state index contributed by atoms with van der Waals surface area (Å²) in [5.41, 5.74) is 0.883. The van der Waals surface area contributed by atoms with Gasteiger partial charge in [-0.3, -0.25) is 0 Å². The normalized spacial score (nSPS) is 12.2. The molecule has 2 heterocycles. The molecule has 0 aliphatic rings. The smallest absolute Gasteiger partial charge is 0.339 e. The van der Waals surface area contributed by atoms with Crippen molar-refractivity contribution in [2.75, 3.05) is 18.5 Å². The first-order valence-corrected chi connectivity index (χ1v) is 6.42. The fraction of sp³-hybridized carbons (Fsp3) is 0.357. The minimum absolute atomic E-state index is 0.194. The SMILES string of the molecule is CCOC(=O)c1cnc2nc(NCC(C)F)ccc2c1. The van der Waals surface area contributed by atoms with Crippen LogP contribution in [0.3, 0.4) is 0 Å². The molecule has 0 radical (unpaired) electrons. The maximum atomic E-state index is 12.8. The first-order valence-electron chi connectivity index (χ1n) is 6.42. The molecular formula is C14H16FN3O2. The van der Waals surface area contributed by atoms with E-state index in [-0.39, 0.29) is 6.54 Å². The second-order valence-corrected chi connectivity index (χ2v) is 4.35. The van der Waals surface area contributed by atoms with Crippen molar-refractivity contribution in [1.29, 1.82) is 0 Å². The molecule has 2 aromatic heterocycles. The van der Waals surface area contributed by atoms with E-state index in [0.717, 1.165) is 5.39 Å². The number of esters is 1. The summed E-state index contributed by atoms with van der Waals surface area (Å²) >= 11 is 0. The zero-order valence-corrected chi connectivity index (χ0v) is 11.4. The summed E-state index contributed by atoms with van der Waals surface area (Å²) in [5.74, 6) is 0.147. The molecule has 0 saturated carbocycles. The van der Waals surface area contributed by atoms with E-state index >= 15 is 0 Å². The Morgan fingerprint density at radius 2 is 2.30 bits per heavy atom. The molecule has 0 saturated heterocycles. The van der Waals surface area contributed by atoms with Crippen molar-refractivity contribution >= 4 is 22.8 Å². The maximum Gasteiger partial charge on any atom is 0.339 e. The van der Waals surface area contributed by atoms with Crippen molar-refractivity contribution in [3.05, 3.63) is 30.0 Å². The molecule has 6 heteroatoms. The van der Waals surface area contributed by atoms with Crippen LogP contribution in [0.2, 0.25) is 0 Å². The minimum Gasteiger partial charge on any atom is -0.462 e. The molecule has 20 heavy (non-hydrogen) atoms. The fourth-order valence-corrected chi connectivity index (χ4v) is 1.68. The molecule has 2 rings (SSSR count). The van der Waals surface area contributed by atoms with Crippen LogP contribution in [0.4, 0.5) is 10.2 Å². The van der Waals surface area contributed by atoms with Gasteiger partial charge < -0.3 is 10.1 Å². The lowest BCUT2D eigenvalue weighted by Gasteiger charge is -2.07. The van der Waals surface area contributed by atoms with Gasteiger partial charge in [0.1, 0.15) is 12.0 Å². The summed E-state index contributed by atoms with van der Waals surface area (Å²) in [6.45, 7) is 3.73. The van der Waals surface area contributed by atoms with Gasteiger partial charge in [0.15, 0.2) is 5.65 Å². The topological polar surface area (TPSA) is 64.1 Å². The lowest BCUT2D eigenvalue weighted by molar-refractivity contribution is 0.0526. The van der Waals surface area contributed by atoms with E-state index in [9.17, 15) is 9.18 Å². The average Bonchev–Trinajstić information content (AvgIpc) is 2.44. The van der Waals surface area contributed by atoms with Gasteiger partial charge in [-0.05, 0) is 32.0 Å². The van der Waals surface area contributed by atoms with Crippen LogP contribution in [0.5, 0.6) is 0 Å². The van der Waals surface area contributed by atoms with E-state index in [4.69, 9.17) is 4.74 Å². The number of alkyl halides is 1. The molecule has 0 bridgehead atoms. The van der Waals surface area contributed by atoms with E-state index in [2.05, 4.69) is 15.3 Å². The monoisotopic (exact) mass is 277 g/mol. The molecule has 0 aliphatic carbocycles. The first-order chi connectivity index (χ1) is 9.60. The van der Waals surface area contributed by atoms with Crippen LogP contribution in [-0.4, -0.2) is 35.3 Å². The fourth-order valence-electron chi connectivity index (χ4n) is 1.68. The lowest BCUT2D eigenvalue weighted by atomic mass is 10.2. The number of halogens is 1. The predicted octanol–water partition coefficient (Wildman–Crippen LogP) is 2.58. The molecule has 0 fully saturated rings. The van der Waals surface area contributed by atoms with Gasteiger partial charge in [-0.1, -0.05) is 0 Å². The first kappa shape index (κ1) is 14.2. The highest BCUT2D eigenvalue weighted by Gasteiger charge is 2.09. The summed E-state index contributed by atoms with van der Waals surface area (Å²) in [5, 5.41) is 3.61. The van der Waals surface area contributed by atoms with E-state index in [1.54, 1.807) is 25.1 Å². The Morgan fingerprint density at radius 3 is 3.00 bits per heavy atom. The van der Waals surface area contributed by atoms with E-state index in [0.29, 0.717) is 23.6 Å². The molecule has 1 unspecified atom stereocenters. The molecule has 2 aromatic rings. The summed E-state index contributed by atoms with van der Waals surface area (Å²) < 4.78 is 17.7. The lowest BCUT2D eigenvalue weighted by Crippen LogP contribution is -2.12. The molecule has 0 amide bonds. The number of rotatable bonds is 5. The molecule has 1 atom stereocenters. The standard InChI is InChI=1S/C14H16FN3O2/c1-3-20-14(19)11-6-10-4-5-12(16-7-9(2)15)18-13(10)17-8-11/h4-6,8-9H,3,7H2,1-2H3,(H,16,17,18). The highest BCUT2D eigenvalue weighted by Crippen LogP contribution is 2.15. The van der Waals surface area contributed by atoms with Crippen LogP contribution >= 0.6 is 0 Å². The molecule has 0 aromatic carbocycles. The number of hydrogen-bond donors (Lipinski definition) is 1. The number of carbonyl (C=O) groups is 1. The molecule has 0 spiro atoms. The third-order valence-corrected chi connectivity index (χ3v) is 2.62. The highest BCUT2D eigenvalue weighted by molar-refractivity contribution is 5.93. The summed E-state index contributed by atoms with van der Waals surface area (Å²) in [6, 6.07) is 5.18. The van der Waals surface area contributed by atoms with Crippen molar-refractivity contribution in [3.8, 4) is 0 Å². The molecule has 1 N–H and O–H groups in total. The highest BCUT2D eigenvalue weighted by atomic mass is 19.1. The summed E-state index contributed by atoms with van der Waals surface area (Å²) in [7, 11) is 0. The van der Waals surface area contributed by atoms with Crippen LogP contribution in [0, 0.1) is 0 Å². The third kappa shape index (κ3) is 3.40. The Labute approximate surface area is 116 Å². The quantitative estimate of drug-likeness (QED) is 0.851. The van der Waals surface area contributed by atoms with E-state index in [1.807, 2.05) is 0 Å². The second kappa shape index (κ2) is 6.27. The van der Waals surface area contributed by atoms with Gasteiger partial charge in [0.05, 0.1) is 12.2 Å². The second-order valence-electron chi connectivity index (χ2n) is 4.35. The summed E-state index contributed by atoms with van der Waals surface area (Å²) in [6.07, 6.45) is 0.473. The number of nitrogens with zero attached hydrogens (tertiary/aromatic N) is 2. The third-order valence-electron chi connectivity index (χ3n) is 2.62. The van der Waals surface area contributed by atoms with Gasteiger partial charge in [-0.15, -0.1) is 0 Å². The van der Waals surface area contributed by atoms with Gasteiger partial charge in [0, 0.05) is 18.1 Å². The van der Waals surface area contributed by atoms with Crippen molar-refractivity contribution in [2.45, 2.75) is 20.0 Å². The van der Waals surface area contributed by atoms with Crippen LogP contribution < -0.4 is 5.32 Å². The number of fused-ring (bicyclic) bond motifs is 1. The van der Waals surface area contributed by atoms with Gasteiger partial charge in [-0.2, -0.15) is 0 Å². The van der Waals surface area contributed by atoms with Crippen molar-refractivity contribution < 1.29 is 13.9 Å². The minimum atomic E-state index is -0.952. The van der Waals surface area contributed by atoms with Crippen molar-refractivity contribution in [3.63, 3.8) is 0 Å². The van der Waals surface area contributed by atoms with Gasteiger partial charge in [0.25, 0.3) is 0 Å². The Balaban J connectivity index is 2.23. The van der Waals surface area contributed by atoms with Crippen LogP contribution in [0.1, 0.15) is 24.2 Å². The number of nitrogens with one attached hydrogen (secondary N) is 1. The Morgan fingerprint density at radius 1 is 1.50 bits per heavy atom. The van der Waals surface area contributed by atoms with E-state index in [1.165, 1.54) is 13.1 Å². The zero-order valence-electron chi connectivity index (χ0n) is 11.4. The summed E-state index contributed by atoms with van der Waals surface area (Å²) in [4.78, 5) is 20.0. The number of aromatic nitrogens is 2. The number of carbonyl (C=O) groups excluding carboxylic acids is 1. The van der Waals surface area contributed by atoms with Crippen LogP contribution in [-0.2, 0) is 4.74 Å². The van der Waals surface area contributed by atoms with Crippen LogP contribution in [0.25, 0.3) is 11.0 Å². The predicted molar refractivity (Wildman–Crippen MR) is 74.6 cm³/mol. The Kier molecular flexibility index (Phi) is 4.45. The largest absolute Gasteiger partial charge is 0.462 e. The Bertz CT molecular complexity index is 616. The Hall–Kier alpha value is -2.24. The van der Waals surface area contributed by atoms with Crippen molar-refractivity contribution in [1.82, 2.24) is 9.97 Å². The molecular weight excluding hydrogens is 261 g/mol. The zero-order chi connectivity index (χ0) is 14.5.